The average molecular weight is 419 g/mol. The van der Waals surface area contributed by atoms with Crippen LogP contribution in [0.2, 0.25) is 0 Å². The molecule has 0 fully saturated rings. The predicted octanol–water partition coefficient (Wildman–Crippen LogP) is 2.97. The highest BCUT2D eigenvalue weighted by atomic mass is 32.2. The first-order valence-corrected chi connectivity index (χ1v) is 10.7. The highest BCUT2D eigenvalue weighted by Crippen LogP contribution is 2.39. The zero-order valence-electron chi connectivity index (χ0n) is 14.1. The van der Waals surface area contributed by atoms with E-state index in [-0.39, 0.29) is 9.79 Å². The number of non-ortho nitro benzene ring substituents is 1. The fraction of sp³-hybridized carbons (Fsp3) is 0. The van der Waals surface area contributed by atoms with Crippen LogP contribution in [0.3, 0.4) is 0 Å². The van der Waals surface area contributed by atoms with Crippen LogP contribution in [0.25, 0.3) is 0 Å². The Labute approximate surface area is 160 Å². The fourth-order valence-electron chi connectivity index (χ4n) is 2.54. The quantitative estimate of drug-likeness (QED) is 0.497. The first-order chi connectivity index (χ1) is 13.2. The third-order valence-corrected chi connectivity index (χ3v) is 7.49. The minimum Gasteiger partial charge on any atom is -0.505 e. The molecule has 0 amide bonds. The van der Waals surface area contributed by atoms with E-state index in [0.717, 1.165) is 0 Å². The summed E-state index contributed by atoms with van der Waals surface area (Å²) in [5, 5.41) is 21.8. The van der Waals surface area contributed by atoms with Crippen LogP contribution in [-0.4, -0.2) is 26.9 Å². The number of nitro groups is 1. The Morgan fingerprint density at radius 3 is 1.39 bits per heavy atom. The summed E-state index contributed by atoms with van der Waals surface area (Å²) in [5.41, 5.74) is -0.776. The molecule has 0 aliphatic carbocycles. The Morgan fingerprint density at radius 1 is 0.714 bits per heavy atom. The molecule has 8 nitrogen and oxygen atoms in total. The van der Waals surface area contributed by atoms with Gasteiger partial charge in [-0.25, -0.2) is 16.8 Å². The number of phenolic OH excluding ortho intramolecular Hbond substituents is 1. The van der Waals surface area contributed by atoms with Crippen molar-refractivity contribution in [3.8, 4) is 5.75 Å². The molecule has 0 radical (unpaired) electrons. The lowest BCUT2D eigenvalue weighted by atomic mass is 10.3. The van der Waals surface area contributed by atoms with Crippen molar-refractivity contribution < 1.29 is 26.9 Å². The molecule has 0 aliphatic heterocycles. The van der Waals surface area contributed by atoms with Gasteiger partial charge in [-0.2, -0.15) is 0 Å². The van der Waals surface area contributed by atoms with Crippen molar-refractivity contribution >= 4 is 25.4 Å². The van der Waals surface area contributed by atoms with E-state index in [2.05, 4.69) is 0 Å². The van der Waals surface area contributed by atoms with Crippen LogP contribution in [0.5, 0.6) is 5.75 Å². The highest BCUT2D eigenvalue weighted by Gasteiger charge is 2.32. The molecule has 0 spiro atoms. The summed E-state index contributed by atoms with van der Waals surface area (Å²) in [7, 11) is -8.82. The van der Waals surface area contributed by atoms with Crippen LogP contribution in [0, 0.1) is 10.1 Å². The number of benzene rings is 3. The van der Waals surface area contributed by atoms with Gasteiger partial charge in [0.15, 0.2) is 5.75 Å². The molecule has 10 heteroatoms. The van der Waals surface area contributed by atoms with E-state index in [1.807, 2.05) is 0 Å². The van der Waals surface area contributed by atoms with Gasteiger partial charge in [-0.15, -0.1) is 0 Å². The number of nitro benzene ring substituents is 1. The number of phenols is 1. The summed E-state index contributed by atoms with van der Waals surface area (Å²) in [5.74, 6) is -1.07. The summed E-state index contributed by atoms with van der Waals surface area (Å²) < 4.78 is 51.5. The third-order valence-electron chi connectivity index (χ3n) is 3.92. The van der Waals surface area contributed by atoms with Gasteiger partial charge in [0, 0.05) is 12.1 Å². The summed E-state index contributed by atoms with van der Waals surface area (Å²) in [6.45, 7) is 0. The molecule has 3 rings (SSSR count). The van der Waals surface area contributed by atoms with Gasteiger partial charge in [-0.3, -0.25) is 10.1 Å². The zero-order valence-corrected chi connectivity index (χ0v) is 15.7. The SMILES string of the molecule is O=[N+]([O-])c1cc(S(=O)(=O)c2ccccc2)c(O)c(S(=O)(=O)c2ccccc2)c1. The monoisotopic (exact) mass is 419 g/mol. The molecular weight excluding hydrogens is 406 g/mol. The van der Waals surface area contributed by atoms with Crippen molar-refractivity contribution in [3.63, 3.8) is 0 Å². The number of hydrogen-bond donors (Lipinski definition) is 1. The molecule has 0 atom stereocenters. The number of nitrogens with zero attached hydrogens (tertiary/aromatic N) is 1. The Hall–Kier alpha value is -3.24. The van der Waals surface area contributed by atoms with Crippen molar-refractivity contribution in [2.24, 2.45) is 0 Å². The van der Waals surface area contributed by atoms with Crippen LogP contribution in [0.4, 0.5) is 5.69 Å². The molecule has 144 valence electrons. The lowest BCUT2D eigenvalue weighted by Crippen LogP contribution is -2.08. The van der Waals surface area contributed by atoms with Crippen LogP contribution in [0.15, 0.2) is 92.4 Å². The van der Waals surface area contributed by atoms with Crippen molar-refractivity contribution in [3.05, 3.63) is 82.9 Å². The maximum Gasteiger partial charge on any atom is 0.272 e. The molecule has 0 saturated heterocycles. The molecule has 0 bridgehead atoms. The van der Waals surface area contributed by atoms with Gasteiger partial charge in [-0.1, -0.05) is 36.4 Å². The van der Waals surface area contributed by atoms with Crippen LogP contribution >= 0.6 is 0 Å². The molecule has 28 heavy (non-hydrogen) atoms. The number of sulfone groups is 2. The first kappa shape index (κ1) is 19.5. The van der Waals surface area contributed by atoms with Gasteiger partial charge in [0.05, 0.1) is 14.7 Å². The maximum absolute atomic E-state index is 12.9. The van der Waals surface area contributed by atoms with E-state index in [1.165, 1.54) is 48.5 Å². The number of aromatic hydroxyl groups is 1. The van der Waals surface area contributed by atoms with Gasteiger partial charge in [-0.05, 0) is 24.3 Å². The minimum absolute atomic E-state index is 0.242. The van der Waals surface area contributed by atoms with Crippen molar-refractivity contribution in [1.82, 2.24) is 0 Å². The summed E-state index contributed by atoms with van der Waals surface area (Å²) in [6, 6.07) is 15.1. The minimum atomic E-state index is -4.41. The average Bonchev–Trinajstić information content (AvgIpc) is 2.69. The second-order valence-corrected chi connectivity index (χ2v) is 9.52. The Bertz CT molecular complexity index is 1160. The molecule has 0 aliphatic rings. The second kappa shape index (κ2) is 7.06. The van der Waals surface area contributed by atoms with E-state index in [1.54, 1.807) is 12.1 Å². The largest absolute Gasteiger partial charge is 0.505 e. The standard InChI is InChI=1S/C18H13NO7S2/c20-18-16(27(23,24)14-7-3-1-4-8-14)11-13(19(21)22)12-17(18)28(25,26)15-9-5-2-6-10-15/h1-12,20H. The van der Waals surface area contributed by atoms with Crippen molar-refractivity contribution in [2.45, 2.75) is 19.6 Å². The van der Waals surface area contributed by atoms with E-state index in [4.69, 9.17) is 0 Å². The highest BCUT2D eigenvalue weighted by molar-refractivity contribution is 7.92. The molecule has 0 saturated carbocycles. The van der Waals surface area contributed by atoms with E-state index in [9.17, 15) is 32.1 Å². The maximum atomic E-state index is 12.9. The number of rotatable bonds is 5. The van der Waals surface area contributed by atoms with E-state index >= 15 is 0 Å². The number of hydrogen-bond acceptors (Lipinski definition) is 7. The third kappa shape index (κ3) is 3.35. The molecule has 0 unspecified atom stereocenters. The molecule has 3 aromatic carbocycles. The molecule has 0 heterocycles. The normalized spacial score (nSPS) is 11.9. The first-order valence-electron chi connectivity index (χ1n) is 7.77. The Kier molecular flexibility index (Phi) is 4.92. The summed E-state index contributed by atoms with van der Waals surface area (Å²) in [6.07, 6.45) is 0. The topological polar surface area (TPSA) is 132 Å². The zero-order chi connectivity index (χ0) is 20.5. The second-order valence-electron chi connectivity index (χ2n) is 5.68. The van der Waals surface area contributed by atoms with Crippen LogP contribution in [-0.2, 0) is 19.7 Å². The van der Waals surface area contributed by atoms with Gasteiger partial charge in [0.1, 0.15) is 9.79 Å². The predicted molar refractivity (Wildman–Crippen MR) is 98.5 cm³/mol. The molecule has 0 aromatic heterocycles. The van der Waals surface area contributed by atoms with Gasteiger partial charge >= 0.3 is 0 Å². The molecule has 3 aromatic rings. The summed E-state index contributed by atoms with van der Waals surface area (Å²) in [4.78, 5) is 8.15. The molecular formula is C18H13NO7S2. The molecule has 1 N–H and O–H groups in total. The fourth-order valence-corrected chi connectivity index (χ4v) is 5.42. The lowest BCUT2D eigenvalue weighted by Gasteiger charge is -2.12. The van der Waals surface area contributed by atoms with Crippen LogP contribution < -0.4 is 0 Å². The van der Waals surface area contributed by atoms with E-state index < -0.39 is 45.8 Å². The van der Waals surface area contributed by atoms with E-state index in [0.29, 0.717) is 12.1 Å². The van der Waals surface area contributed by atoms with Gasteiger partial charge in [0.25, 0.3) is 5.69 Å². The van der Waals surface area contributed by atoms with Crippen molar-refractivity contribution in [1.29, 1.82) is 0 Å². The van der Waals surface area contributed by atoms with Gasteiger partial charge < -0.3 is 5.11 Å². The smallest absolute Gasteiger partial charge is 0.272 e. The van der Waals surface area contributed by atoms with Crippen molar-refractivity contribution in [2.75, 3.05) is 0 Å². The Balaban J connectivity index is 2.34. The lowest BCUT2D eigenvalue weighted by molar-refractivity contribution is -0.385. The summed E-state index contributed by atoms with van der Waals surface area (Å²) >= 11 is 0. The van der Waals surface area contributed by atoms with Crippen LogP contribution in [0.1, 0.15) is 0 Å². The Morgan fingerprint density at radius 2 is 1.07 bits per heavy atom. The van der Waals surface area contributed by atoms with Gasteiger partial charge in [0.2, 0.25) is 19.7 Å².